The van der Waals surface area contributed by atoms with Crippen molar-refractivity contribution >= 4 is 23.1 Å². The van der Waals surface area contributed by atoms with E-state index in [1.54, 1.807) is 0 Å². The number of ketones is 1. The highest BCUT2D eigenvalue weighted by Crippen LogP contribution is 2.37. The molecule has 4 rings (SSSR count). The number of nitrogens with zero attached hydrogens (tertiary/aromatic N) is 1. The molecule has 3 aromatic rings. The molecule has 0 N–H and O–H groups in total. The van der Waals surface area contributed by atoms with Crippen molar-refractivity contribution in [3.63, 3.8) is 0 Å². The van der Waals surface area contributed by atoms with Crippen molar-refractivity contribution in [3.05, 3.63) is 101 Å². The van der Waals surface area contributed by atoms with Gasteiger partial charge in [0.1, 0.15) is 0 Å². The Labute approximate surface area is 159 Å². The summed E-state index contributed by atoms with van der Waals surface area (Å²) >= 11 is 6.06. The first-order valence-corrected chi connectivity index (χ1v) is 9.25. The third-order valence-electron chi connectivity index (χ3n) is 5.13. The molecule has 0 aliphatic carbocycles. The zero-order valence-corrected chi connectivity index (χ0v) is 15.1. The first-order chi connectivity index (χ1) is 12.7. The Hall–Kier alpha value is -2.58. The van der Waals surface area contributed by atoms with E-state index in [-0.39, 0.29) is 17.6 Å². The van der Waals surface area contributed by atoms with E-state index in [0.717, 1.165) is 29.4 Å². The Morgan fingerprint density at radius 1 is 0.808 bits per heavy atom. The maximum absolute atomic E-state index is 13.2. The second-order valence-corrected chi connectivity index (χ2v) is 7.17. The molecule has 0 bridgehead atoms. The van der Waals surface area contributed by atoms with Crippen LogP contribution in [0.4, 0.5) is 5.69 Å². The molecule has 26 heavy (non-hydrogen) atoms. The number of benzene rings is 3. The van der Waals surface area contributed by atoms with Gasteiger partial charge < -0.3 is 4.90 Å². The molecule has 1 saturated heterocycles. The van der Waals surface area contributed by atoms with E-state index in [1.165, 1.54) is 5.56 Å². The highest BCUT2D eigenvalue weighted by Gasteiger charge is 2.38. The third-order valence-corrected chi connectivity index (χ3v) is 5.39. The number of para-hydroxylation sites is 1. The highest BCUT2D eigenvalue weighted by atomic mass is 35.5. The molecule has 1 aliphatic rings. The Bertz CT molecular complexity index is 877. The molecule has 0 aromatic heterocycles. The van der Waals surface area contributed by atoms with Crippen molar-refractivity contribution in [3.8, 4) is 0 Å². The third kappa shape index (κ3) is 3.38. The maximum Gasteiger partial charge on any atom is 0.168 e. The molecule has 1 heterocycles. The van der Waals surface area contributed by atoms with Crippen molar-refractivity contribution in [2.45, 2.75) is 5.92 Å². The Morgan fingerprint density at radius 3 is 2.08 bits per heavy atom. The molecule has 0 radical (unpaired) electrons. The van der Waals surface area contributed by atoms with Gasteiger partial charge in [0.2, 0.25) is 0 Å². The molecule has 2 nitrogen and oxygen atoms in total. The van der Waals surface area contributed by atoms with Crippen molar-refractivity contribution in [1.29, 1.82) is 0 Å². The van der Waals surface area contributed by atoms with Crippen molar-refractivity contribution in [2.75, 3.05) is 18.0 Å². The molecule has 2 atom stereocenters. The fourth-order valence-electron chi connectivity index (χ4n) is 3.78. The van der Waals surface area contributed by atoms with Gasteiger partial charge in [-0.05, 0) is 29.8 Å². The lowest BCUT2D eigenvalue weighted by Gasteiger charge is -2.18. The fraction of sp³-hybridized carbons (Fsp3) is 0.174. The predicted octanol–water partition coefficient (Wildman–Crippen LogP) is 5.44. The quantitative estimate of drug-likeness (QED) is 0.576. The van der Waals surface area contributed by atoms with Crippen LogP contribution in [0.2, 0.25) is 5.02 Å². The number of Topliss-reactive ketones (excluding diaryl/α,β-unsaturated/α-hetero) is 1. The van der Waals surface area contributed by atoms with Crippen LogP contribution in [0.15, 0.2) is 84.9 Å². The second-order valence-electron chi connectivity index (χ2n) is 6.74. The molecular formula is C23H20ClNO. The van der Waals surface area contributed by atoms with Crippen LogP contribution < -0.4 is 4.90 Å². The van der Waals surface area contributed by atoms with E-state index in [1.807, 2.05) is 72.8 Å². The zero-order chi connectivity index (χ0) is 17.9. The van der Waals surface area contributed by atoms with Gasteiger partial charge in [-0.2, -0.15) is 0 Å². The standard InChI is InChI=1S/C23H20ClNO/c24-19-13-11-17(12-14-19)21-15-25(20-9-5-2-6-10-20)16-22(21)23(26)18-7-3-1-4-8-18/h1-14,21-22H,15-16H2/t21-,22-/m1/s1. The SMILES string of the molecule is O=C(c1ccccc1)[C@@H]1CN(c2ccccc2)C[C@@H]1c1ccc(Cl)cc1. The second kappa shape index (κ2) is 7.35. The molecular weight excluding hydrogens is 342 g/mol. The minimum atomic E-state index is -0.0706. The van der Waals surface area contributed by atoms with E-state index < -0.39 is 0 Å². The van der Waals surface area contributed by atoms with E-state index >= 15 is 0 Å². The van der Waals surface area contributed by atoms with E-state index in [2.05, 4.69) is 17.0 Å². The number of halogens is 1. The van der Waals surface area contributed by atoms with Gasteiger partial charge in [-0.1, -0.05) is 72.3 Å². The molecule has 130 valence electrons. The van der Waals surface area contributed by atoms with Gasteiger partial charge in [-0.25, -0.2) is 0 Å². The van der Waals surface area contributed by atoms with Crippen LogP contribution in [0, 0.1) is 5.92 Å². The summed E-state index contributed by atoms with van der Waals surface area (Å²) in [7, 11) is 0. The Balaban J connectivity index is 1.68. The predicted molar refractivity (Wildman–Crippen MR) is 107 cm³/mol. The lowest BCUT2D eigenvalue weighted by Crippen LogP contribution is -2.23. The number of carbonyl (C=O) groups is 1. The summed E-state index contributed by atoms with van der Waals surface area (Å²) in [6.45, 7) is 1.56. The van der Waals surface area contributed by atoms with Gasteiger partial charge in [-0.15, -0.1) is 0 Å². The summed E-state index contributed by atoms with van der Waals surface area (Å²) in [6, 6.07) is 27.8. The summed E-state index contributed by atoms with van der Waals surface area (Å²) in [6.07, 6.45) is 0. The summed E-state index contributed by atoms with van der Waals surface area (Å²) in [5.74, 6) is 0.294. The average Bonchev–Trinajstić information content (AvgIpc) is 3.15. The summed E-state index contributed by atoms with van der Waals surface area (Å²) in [5, 5.41) is 0.720. The Kier molecular flexibility index (Phi) is 4.77. The maximum atomic E-state index is 13.2. The van der Waals surface area contributed by atoms with Gasteiger partial charge in [0.05, 0.1) is 0 Å². The molecule has 0 unspecified atom stereocenters. The van der Waals surface area contributed by atoms with Crippen molar-refractivity contribution < 1.29 is 4.79 Å². The minimum absolute atomic E-state index is 0.0706. The van der Waals surface area contributed by atoms with Gasteiger partial charge in [0.15, 0.2) is 5.78 Å². The molecule has 1 aliphatic heterocycles. The summed E-state index contributed by atoms with van der Waals surface area (Å²) < 4.78 is 0. The molecule has 0 amide bonds. The average molecular weight is 362 g/mol. The van der Waals surface area contributed by atoms with Gasteiger partial charge in [0.25, 0.3) is 0 Å². The van der Waals surface area contributed by atoms with Crippen LogP contribution in [-0.2, 0) is 0 Å². The summed E-state index contributed by atoms with van der Waals surface area (Å²) in [5.41, 5.74) is 3.11. The number of carbonyl (C=O) groups excluding carboxylic acids is 1. The summed E-state index contributed by atoms with van der Waals surface area (Å²) in [4.78, 5) is 15.5. The smallest absolute Gasteiger partial charge is 0.168 e. The molecule has 0 saturated carbocycles. The number of rotatable bonds is 4. The van der Waals surface area contributed by atoms with Crippen LogP contribution in [0.1, 0.15) is 21.8 Å². The van der Waals surface area contributed by atoms with Crippen LogP contribution in [0.3, 0.4) is 0 Å². The normalized spacial score (nSPS) is 19.5. The van der Waals surface area contributed by atoms with Gasteiger partial charge in [-0.3, -0.25) is 4.79 Å². The molecule has 0 spiro atoms. The zero-order valence-electron chi connectivity index (χ0n) is 14.4. The van der Waals surface area contributed by atoms with Crippen LogP contribution in [-0.4, -0.2) is 18.9 Å². The molecule has 1 fully saturated rings. The van der Waals surface area contributed by atoms with E-state index in [9.17, 15) is 4.79 Å². The number of hydrogen-bond donors (Lipinski definition) is 0. The van der Waals surface area contributed by atoms with E-state index in [4.69, 9.17) is 11.6 Å². The highest BCUT2D eigenvalue weighted by molar-refractivity contribution is 6.30. The van der Waals surface area contributed by atoms with Crippen molar-refractivity contribution in [2.24, 2.45) is 5.92 Å². The topological polar surface area (TPSA) is 20.3 Å². The largest absolute Gasteiger partial charge is 0.370 e. The lowest BCUT2D eigenvalue weighted by molar-refractivity contribution is 0.0921. The minimum Gasteiger partial charge on any atom is -0.370 e. The van der Waals surface area contributed by atoms with Gasteiger partial charge >= 0.3 is 0 Å². The molecule has 3 aromatic carbocycles. The van der Waals surface area contributed by atoms with Gasteiger partial charge in [0, 0.05) is 41.2 Å². The number of hydrogen-bond acceptors (Lipinski definition) is 2. The van der Waals surface area contributed by atoms with E-state index in [0.29, 0.717) is 0 Å². The van der Waals surface area contributed by atoms with Crippen molar-refractivity contribution in [1.82, 2.24) is 0 Å². The first-order valence-electron chi connectivity index (χ1n) is 8.87. The van der Waals surface area contributed by atoms with Crippen LogP contribution in [0.5, 0.6) is 0 Å². The first kappa shape index (κ1) is 16.9. The molecule has 3 heteroatoms. The number of anilines is 1. The van der Waals surface area contributed by atoms with Crippen LogP contribution in [0.25, 0.3) is 0 Å². The Morgan fingerprint density at radius 2 is 1.42 bits per heavy atom. The lowest BCUT2D eigenvalue weighted by atomic mass is 9.84. The van der Waals surface area contributed by atoms with Crippen LogP contribution >= 0.6 is 11.6 Å². The monoisotopic (exact) mass is 361 g/mol. The fourth-order valence-corrected chi connectivity index (χ4v) is 3.91.